The molecule has 0 spiro atoms. The lowest BCUT2D eigenvalue weighted by atomic mass is 10.3. The second-order valence-electron chi connectivity index (χ2n) is 4.58. The summed E-state index contributed by atoms with van der Waals surface area (Å²) in [5, 5.41) is 6.58. The fourth-order valence-corrected chi connectivity index (χ4v) is 2.81. The fraction of sp³-hybridized carbons (Fsp3) is 0.500. The average Bonchev–Trinajstić information content (AvgIpc) is 2.83. The number of rotatable bonds is 7. The molecule has 0 amide bonds. The van der Waals surface area contributed by atoms with Gasteiger partial charge in [-0.05, 0) is 25.1 Å². The van der Waals surface area contributed by atoms with Gasteiger partial charge in [-0.3, -0.25) is 4.99 Å². The molecule has 0 bridgehead atoms. The van der Waals surface area contributed by atoms with Gasteiger partial charge in [-0.1, -0.05) is 22.0 Å². The monoisotopic (exact) mass is 357 g/mol. The van der Waals surface area contributed by atoms with Gasteiger partial charge in [0.05, 0.1) is 13.2 Å². The van der Waals surface area contributed by atoms with E-state index in [-0.39, 0.29) is 0 Å². The van der Waals surface area contributed by atoms with Crippen LogP contribution in [0.15, 0.2) is 33.7 Å². The number of halogens is 1. The molecule has 1 unspecified atom stereocenters. The van der Waals surface area contributed by atoms with Crippen LogP contribution in [-0.4, -0.2) is 43.2 Å². The predicted molar refractivity (Wildman–Crippen MR) is 89.9 cm³/mol. The number of ether oxygens (including phenoxy) is 1. The Bertz CT molecular complexity index is 456. The SMILES string of the molecule is CC1CN=C(NCCSCCOc2cccc(Br)c2)N1. The number of nitrogens with zero attached hydrogens (tertiary/aromatic N) is 1. The normalized spacial score (nSPS) is 17.5. The largest absolute Gasteiger partial charge is 0.493 e. The van der Waals surface area contributed by atoms with E-state index in [1.807, 2.05) is 36.0 Å². The zero-order valence-electron chi connectivity index (χ0n) is 11.6. The molecule has 2 N–H and O–H groups in total. The maximum atomic E-state index is 5.67. The second kappa shape index (κ2) is 8.42. The van der Waals surface area contributed by atoms with Gasteiger partial charge in [-0.2, -0.15) is 11.8 Å². The molecule has 0 saturated heterocycles. The molecule has 1 aliphatic heterocycles. The van der Waals surface area contributed by atoms with Crippen molar-refractivity contribution >= 4 is 33.7 Å². The number of guanidine groups is 1. The van der Waals surface area contributed by atoms with E-state index in [1.165, 1.54) is 0 Å². The van der Waals surface area contributed by atoms with Gasteiger partial charge in [0.15, 0.2) is 5.96 Å². The third kappa shape index (κ3) is 5.63. The minimum absolute atomic E-state index is 0.462. The van der Waals surface area contributed by atoms with Crippen molar-refractivity contribution in [1.29, 1.82) is 0 Å². The molecule has 0 radical (unpaired) electrons. The predicted octanol–water partition coefficient (Wildman–Crippen LogP) is 2.50. The standard InChI is InChI=1S/C14H20BrN3OS/c1-11-10-17-14(18-11)16-5-7-20-8-6-19-13-4-2-3-12(15)9-13/h2-4,9,11H,5-8,10H2,1H3,(H2,16,17,18). The van der Waals surface area contributed by atoms with Gasteiger partial charge < -0.3 is 15.4 Å². The van der Waals surface area contributed by atoms with Crippen molar-refractivity contribution in [3.63, 3.8) is 0 Å². The molecule has 0 aliphatic carbocycles. The number of hydrogen-bond donors (Lipinski definition) is 2. The van der Waals surface area contributed by atoms with Crippen LogP contribution in [0.1, 0.15) is 6.92 Å². The van der Waals surface area contributed by atoms with Crippen LogP contribution in [0.3, 0.4) is 0 Å². The Morgan fingerprint density at radius 3 is 3.15 bits per heavy atom. The van der Waals surface area contributed by atoms with E-state index in [1.54, 1.807) is 0 Å². The minimum atomic E-state index is 0.462. The Kier molecular flexibility index (Phi) is 6.53. The zero-order valence-corrected chi connectivity index (χ0v) is 14.0. The number of aliphatic imine (C=N–C) groups is 1. The number of nitrogens with one attached hydrogen (secondary N) is 2. The molecule has 0 saturated carbocycles. The molecule has 6 heteroatoms. The molecule has 1 aromatic carbocycles. The molecule has 110 valence electrons. The van der Waals surface area contributed by atoms with E-state index in [2.05, 4.69) is 38.5 Å². The van der Waals surface area contributed by atoms with Crippen molar-refractivity contribution in [1.82, 2.24) is 10.6 Å². The van der Waals surface area contributed by atoms with Gasteiger partial charge in [-0.25, -0.2) is 0 Å². The molecule has 1 aromatic rings. The highest BCUT2D eigenvalue weighted by Crippen LogP contribution is 2.17. The van der Waals surface area contributed by atoms with Gasteiger partial charge in [0.1, 0.15) is 5.75 Å². The summed E-state index contributed by atoms with van der Waals surface area (Å²) in [4.78, 5) is 4.35. The third-order valence-corrected chi connectivity index (χ3v) is 4.18. The Hall–Kier alpha value is -0.880. The first-order valence-electron chi connectivity index (χ1n) is 6.75. The molecule has 1 aliphatic rings. The van der Waals surface area contributed by atoms with E-state index in [9.17, 15) is 0 Å². The van der Waals surface area contributed by atoms with Crippen LogP contribution >= 0.6 is 27.7 Å². The molecule has 2 rings (SSSR count). The second-order valence-corrected chi connectivity index (χ2v) is 6.72. The summed E-state index contributed by atoms with van der Waals surface area (Å²) in [7, 11) is 0. The summed E-state index contributed by atoms with van der Waals surface area (Å²) < 4.78 is 6.72. The van der Waals surface area contributed by atoms with E-state index in [0.29, 0.717) is 6.04 Å². The number of thioether (sulfide) groups is 1. The summed E-state index contributed by atoms with van der Waals surface area (Å²) in [5.74, 6) is 3.89. The molecule has 4 nitrogen and oxygen atoms in total. The van der Waals surface area contributed by atoms with Gasteiger partial charge in [0.2, 0.25) is 0 Å². The van der Waals surface area contributed by atoms with E-state index in [4.69, 9.17) is 4.74 Å². The van der Waals surface area contributed by atoms with Gasteiger partial charge >= 0.3 is 0 Å². The summed E-state index contributed by atoms with van der Waals surface area (Å²) in [6.45, 7) is 4.67. The Morgan fingerprint density at radius 1 is 1.50 bits per heavy atom. The molecular weight excluding hydrogens is 338 g/mol. The fourth-order valence-electron chi connectivity index (χ4n) is 1.78. The topological polar surface area (TPSA) is 45.7 Å². The van der Waals surface area contributed by atoms with Crippen LogP contribution in [0.2, 0.25) is 0 Å². The van der Waals surface area contributed by atoms with Crippen molar-refractivity contribution in [2.75, 3.05) is 31.2 Å². The molecular formula is C14H20BrN3OS. The number of benzene rings is 1. The van der Waals surface area contributed by atoms with E-state index >= 15 is 0 Å². The maximum absolute atomic E-state index is 5.67. The highest BCUT2D eigenvalue weighted by atomic mass is 79.9. The molecule has 0 aromatic heterocycles. The van der Waals surface area contributed by atoms with Crippen LogP contribution in [0.4, 0.5) is 0 Å². The van der Waals surface area contributed by atoms with Crippen LogP contribution in [-0.2, 0) is 0 Å². The lowest BCUT2D eigenvalue weighted by Gasteiger charge is -2.09. The van der Waals surface area contributed by atoms with Crippen LogP contribution < -0.4 is 15.4 Å². The van der Waals surface area contributed by atoms with Crippen LogP contribution in [0.25, 0.3) is 0 Å². The lowest BCUT2D eigenvalue weighted by molar-refractivity contribution is 0.344. The average molecular weight is 358 g/mol. The molecule has 1 atom stereocenters. The van der Waals surface area contributed by atoms with Crippen LogP contribution in [0.5, 0.6) is 5.75 Å². The highest BCUT2D eigenvalue weighted by molar-refractivity contribution is 9.10. The Labute approximate surface area is 132 Å². The Balaban J connectivity index is 1.48. The van der Waals surface area contributed by atoms with Crippen LogP contribution in [0, 0.1) is 0 Å². The van der Waals surface area contributed by atoms with Crippen molar-refractivity contribution in [2.45, 2.75) is 13.0 Å². The van der Waals surface area contributed by atoms with Gasteiger partial charge in [-0.15, -0.1) is 0 Å². The quantitative estimate of drug-likeness (QED) is 0.736. The van der Waals surface area contributed by atoms with Gasteiger partial charge in [0.25, 0.3) is 0 Å². The first-order valence-corrected chi connectivity index (χ1v) is 8.70. The summed E-state index contributed by atoms with van der Waals surface area (Å²) in [6.07, 6.45) is 0. The first-order chi connectivity index (χ1) is 9.74. The van der Waals surface area contributed by atoms with Crippen molar-refractivity contribution in [3.05, 3.63) is 28.7 Å². The summed E-state index contributed by atoms with van der Waals surface area (Å²) >= 11 is 5.31. The summed E-state index contributed by atoms with van der Waals surface area (Å²) in [5.41, 5.74) is 0. The third-order valence-electron chi connectivity index (χ3n) is 2.74. The zero-order chi connectivity index (χ0) is 14.2. The highest BCUT2D eigenvalue weighted by Gasteiger charge is 2.10. The van der Waals surface area contributed by atoms with Crippen molar-refractivity contribution in [3.8, 4) is 5.75 Å². The van der Waals surface area contributed by atoms with E-state index in [0.717, 1.165) is 47.4 Å². The van der Waals surface area contributed by atoms with E-state index < -0.39 is 0 Å². The maximum Gasteiger partial charge on any atom is 0.191 e. The minimum Gasteiger partial charge on any atom is -0.493 e. The smallest absolute Gasteiger partial charge is 0.191 e. The van der Waals surface area contributed by atoms with Crippen molar-refractivity contribution < 1.29 is 4.74 Å². The molecule has 0 fully saturated rings. The first kappa shape index (κ1) is 15.5. The van der Waals surface area contributed by atoms with Crippen molar-refractivity contribution in [2.24, 2.45) is 4.99 Å². The lowest BCUT2D eigenvalue weighted by Crippen LogP contribution is -2.38. The molecule has 1 heterocycles. The van der Waals surface area contributed by atoms with Gasteiger partial charge in [0, 0.05) is 28.6 Å². The summed E-state index contributed by atoms with van der Waals surface area (Å²) in [6, 6.07) is 8.39. The Morgan fingerprint density at radius 2 is 2.40 bits per heavy atom. The molecule has 20 heavy (non-hydrogen) atoms. The number of hydrogen-bond acceptors (Lipinski definition) is 5.